The SMILES string of the molecule is O=C1CN(S(=O)(=O)c2cccc(NC(=O)C3CC3c3ccccc3Cl)c2)CCN1. The summed E-state index contributed by atoms with van der Waals surface area (Å²) in [5, 5.41) is 6.05. The fraction of sp³-hybridized carbons (Fsp3) is 0.300. The highest BCUT2D eigenvalue weighted by Crippen LogP contribution is 2.50. The summed E-state index contributed by atoms with van der Waals surface area (Å²) in [5.74, 6) is -0.617. The summed E-state index contributed by atoms with van der Waals surface area (Å²) < 4.78 is 26.8. The van der Waals surface area contributed by atoms with Crippen molar-refractivity contribution < 1.29 is 18.0 Å². The summed E-state index contributed by atoms with van der Waals surface area (Å²) in [7, 11) is -3.81. The molecule has 1 saturated heterocycles. The second-order valence-corrected chi connectivity index (χ2v) is 9.52. The number of halogens is 1. The lowest BCUT2D eigenvalue weighted by Crippen LogP contribution is -2.49. The Kier molecular flexibility index (Phi) is 5.33. The van der Waals surface area contributed by atoms with Crippen LogP contribution in [0.15, 0.2) is 53.4 Å². The minimum atomic E-state index is -3.81. The Balaban J connectivity index is 1.46. The maximum absolute atomic E-state index is 12.8. The number of hydrogen-bond donors (Lipinski definition) is 2. The van der Waals surface area contributed by atoms with Gasteiger partial charge in [-0.3, -0.25) is 9.59 Å². The topological polar surface area (TPSA) is 95.6 Å². The molecule has 2 atom stereocenters. The van der Waals surface area contributed by atoms with E-state index >= 15 is 0 Å². The second-order valence-electron chi connectivity index (χ2n) is 7.18. The molecule has 4 rings (SSSR count). The smallest absolute Gasteiger partial charge is 0.243 e. The Hall–Kier alpha value is -2.42. The summed E-state index contributed by atoms with van der Waals surface area (Å²) >= 11 is 6.21. The quantitative estimate of drug-likeness (QED) is 0.755. The normalized spacial score (nSPS) is 22.0. The number of carbonyl (C=O) groups is 2. The molecule has 2 aromatic rings. The molecule has 1 aliphatic carbocycles. The van der Waals surface area contributed by atoms with Gasteiger partial charge in [0, 0.05) is 29.7 Å². The van der Waals surface area contributed by atoms with Crippen molar-refractivity contribution >= 4 is 39.1 Å². The van der Waals surface area contributed by atoms with Gasteiger partial charge in [-0.05, 0) is 42.2 Å². The third-order valence-corrected chi connectivity index (χ3v) is 7.36. The van der Waals surface area contributed by atoms with E-state index in [1.165, 1.54) is 12.1 Å². The molecule has 1 saturated carbocycles. The van der Waals surface area contributed by atoms with Gasteiger partial charge in [0.1, 0.15) is 0 Å². The summed E-state index contributed by atoms with van der Waals surface area (Å²) in [5.41, 5.74) is 1.36. The molecular formula is C20H20ClN3O4S. The number of nitrogens with zero attached hydrogens (tertiary/aromatic N) is 1. The molecule has 0 aromatic heterocycles. The average Bonchev–Trinajstić information content (AvgIpc) is 3.49. The minimum Gasteiger partial charge on any atom is -0.354 e. The number of nitrogens with one attached hydrogen (secondary N) is 2. The van der Waals surface area contributed by atoms with Crippen LogP contribution in [0.3, 0.4) is 0 Å². The molecule has 1 aliphatic heterocycles. The Morgan fingerprint density at radius 1 is 1.17 bits per heavy atom. The van der Waals surface area contributed by atoms with E-state index in [1.54, 1.807) is 18.2 Å². The van der Waals surface area contributed by atoms with Crippen LogP contribution in [0.4, 0.5) is 5.69 Å². The van der Waals surface area contributed by atoms with Gasteiger partial charge in [0.2, 0.25) is 21.8 Å². The Labute approximate surface area is 174 Å². The van der Waals surface area contributed by atoms with E-state index in [2.05, 4.69) is 10.6 Å². The molecule has 0 radical (unpaired) electrons. The number of benzene rings is 2. The van der Waals surface area contributed by atoms with Crippen molar-refractivity contribution in [2.45, 2.75) is 17.2 Å². The van der Waals surface area contributed by atoms with Crippen molar-refractivity contribution in [3.05, 3.63) is 59.1 Å². The van der Waals surface area contributed by atoms with Gasteiger partial charge in [0.05, 0.1) is 11.4 Å². The van der Waals surface area contributed by atoms with E-state index in [0.29, 0.717) is 17.1 Å². The predicted molar refractivity (Wildman–Crippen MR) is 109 cm³/mol. The first-order valence-corrected chi connectivity index (χ1v) is 11.1. The van der Waals surface area contributed by atoms with E-state index in [0.717, 1.165) is 9.87 Å². The van der Waals surface area contributed by atoms with Gasteiger partial charge in [0.15, 0.2) is 0 Å². The molecule has 2 fully saturated rings. The number of anilines is 1. The van der Waals surface area contributed by atoms with Crippen molar-refractivity contribution in [3.63, 3.8) is 0 Å². The molecule has 2 N–H and O–H groups in total. The van der Waals surface area contributed by atoms with Crippen molar-refractivity contribution in [2.75, 3.05) is 25.0 Å². The van der Waals surface area contributed by atoms with Crippen LogP contribution in [-0.2, 0) is 19.6 Å². The van der Waals surface area contributed by atoms with Crippen LogP contribution in [0.5, 0.6) is 0 Å². The van der Waals surface area contributed by atoms with Crippen molar-refractivity contribution in [1.82, 2.24) is 9.62 Å². The lowest BCUT2D eigenvalue weighted by molar-refractivity contribution is -0.122. The lowest BCUT2D eigenvalue weighted by Gasteiger charge is -2.26. The van der Waals surface area contributed by atoms with E-state index in [-0.39, 0.29) is 48.2 Å². The molecule has 2 unspecified atom stereocenters. The molecule has 152 valence electrons. The Bertz CT molecular complexity index is 1070. The third-order valence-electron chi connectivity index (χ3n) is 5.17. The lowest BCUT2D eigenvalue weighted by atomic mass is 10.1. The summed E-state index contributed by atoms with van der Waals surface area (Å²) in [4.78, 5) is 24.2. The second kappa shape index (κ2) is 7.78. The van der Waals surface area contributed by atoms with Crippen molar-refractivity contribution in [1.29, 1.82) is 0 Å². The number of piperazine rings is 1. The van der Waals surface area contributed by atoms with Crippen LogP contribution in [0.25, 0.3) is 0 Å². The van der Waals surface area contributed by atoms with Gasteiger partial charge in [-0.2, -0.15) is 4.31 Å². The largest absolute Gasteiger partial charge is 0.354 e. The summed E-state index contributed by atoms with van der Waals surface area (Å²) in [6.07, 6.45) is 0.705. The highest BCUT2D eigenvalue weighted by Gasteiger charge is 2.44. The van der Waals surface area contributed by atoms with Gasteiger partial charge in [-0.15, -0.1) is 0 Å². The van der Waals surface area contributed by atoms with E-state index in [1.807, 2.05) is 18.2 Å². The number of amides is 2. The molecule has 29 heavy (non-hydrogen) atoms. The molecule has 0 bridgehead atoms. The maximum Gasteiger partial charge on any atom is 0.243 e. The molecule has 1 heterocycles. The molecule has 7 nitrogen and oxygen atoms in total. The van der Waals surface area contributed by atoms with E-state index < -0.39 is 10.0 Å². The minimum absolute atomic E-state index is 0.0449. The highest BCUT2D eigenvalue weighted by atomic mass is 35.5. The van der Waals surface area contributed by atoms with Gasteiger partial charge in [0.25, 0.3) is 0 Å². The zero-order chi connectivity index (χ0) is 20.6. The Morgan fingerprint density at radius 2 is 1.97 bits per heavy atom. The van der Waals surface area contributed by atoms with Crippen molar-refractivity contribution in [3.8, 4) is 0 Å². The molecule has 9 heteroatoms. The zero-order valence-electron chi connectivity index (χ0n) is 15.5. The Morgan fingerprint density at radius 3 is 2.72 bits per heavy atom. The van der Waals surface area contributed by atoms with Crippen LogP contribution in [0.2, 0.25) is 5.02 Å². The van der Waals surface area contributed by atoms with Crippen LogP contribution in [0.1, 0.15) is 17.9 Å². The van der Waals surface area contributed by atoms with Gasteiger partial charge in [-0.25, -0.2) is 8.42 Å². The predicted octanol–water partition coefficient (Wildman–Crippen LogP) is 2.20. The molecule has 2 aliphatic rings. The van der Waals surface area contributed by atoms with Crippen LogP contribution >= 0.6 is 11.6 Å². The summed E-state index contributed by atoms with van der Waals surface area (Å²) in [6.45, 7) is 0.284. The molecule has 2 amide bonds. The number of hydrogen-bond acceptors (Lipinski definition) is 4. The van der Waals surface area contributed by atoms with Gasteiger partial charge in [-0.1, -0.05) is 35.9 Å². The van der Waals surface area contributed by atoms with Crippen LogP contribution in [0, 0.1) is 5.92 Å². The molecular weight excluding hydrogens is 414 g/mol. The highest BCUT2D eigenvalue weighted by molar-refractivity contribution is 7.89. The van der Waals surface area contributed by atoms with Gasteiger partial charge < -0.3 is 10.6 Å². The fourth-order valence-electron chi connectivity index (χ4n) is 3.54. The first-order valence-electron chi connectivity index (χ1n) is 9.28. The number of rotatable bonds is 5. The number of sulfonamides is 1. The molecule has 2 aromatic carbocycles. The van der Waals surface area contributed by atoms with Crippen molar-refractivity contribution in [2.24, 2.45) is 5.92 Å². The first-order chi connectivity index (χ1) is 13.9. The third kappa shape index (κ3) is 4.14. The molecule has 0 spiro atoms. The maximum atomic E-state index is 12.8. The monoisotopic (exact) mass is 433 g/mol. The number of carbonyl (C=O) groups excluding carboxylic acids is 2. The zero-order valence-corrected chi connectivity index (χ0v) is 17.0. The van der Waals surface area contributed by atoms with Gasteiger partial charge >= 0.3 is 0 Å². The fourth-order valence-corrected chi connectivity index (χ4v) is 5.26. The van der Waals surface area contributed by atoms with Crippen LogP contribution < -0.4 is 10.6 Å². The first kappa shape index (κ1) is 19.9. The summed E-state index contributed by atoms with van der Waals surface area (Å²) in [6, 6.07) is 13.6. The van der Waals surface area contributed by atoms with E-state index in [9.17, 15) is 18.0 Å². The van der Waals surface area contributed by atoms with E-state index in [4.69, 9.17) is 11.6 Å². The average molecular weight is 434 g/mol. The van der Waals surface area contributed by atoms with Crippen LogP contribution in [-0.4, -0.2) is 44.2 Å². The standard InChI is InChI=1S/C20H20ClN3O4S/c21-18-7-2-1-6-15(18)16-11-17(16)20(26)23-13-4-3-5-14(10-13)29(27,28)24-9-8-22-19(25)12-24/h1-7,10,16-17H,8-9,11-12H2,(H,22,25)(H,23,26).